The molecule has 3 aromatic rings. The van der Waals surface area contributed by atoms with E-state index in [9.17, 15) is 14.4 Å². The number of anilines is 1. The molecule has 142 valence electrons. The van der Waals surface area contributed by atoms with Crippen molar-refractivity contribution < 1.29 is 23.9 Å². The van der Waals surface area contributed by atoms with Gasteiger partial charge in [-0.05, 0) is 36.4 Å². The van der Waals surface area contributed by atoms with Crippen LogP contribution in [-0.4, -0.2) is 37.0 Å². The van der Waals surface area contributed by atoms with E-state index >= 15 is 0 Å². The highest BCUT2D eigenvalue weighted by atomic mass is 32.1. The number of aromatic nitrogens is 1. The Balaban J connectivity index is 1.83. The van der Waals surface area contributed by atoms with Crippen LogP contribution >= 0.6 is 11.3 Å². The minimum Gasteiger partial charge on any atom is -0.465 e. The Hall–Kier alpha value is -3.52. The van der Waals surface area contributed by atoms with Gasteiger partial charge in [-0.2, -0.15) is 0 Å². The first kappa shape index (κ1) is 19.2. The number of thiazole rings is 1. The molecule has 0 aliphatic heterocycles. The number of rotatable bonds is 5. The quantitative estimate of drug-likeness (QED) is 0.524. The maximum atomic E-state index is 12.3. The van der Waals surface area contributed by atoms with Gasteiger partial charge in [0, 0.05) is 6.08 Å². The number of nitrogens with zero attached hydrogens (tertiary/aromatic N) is 1. The van der Waals surface area contributed by atoms with Gasteiger partial charge in [-0.1, -0.05) is 12.1 Å². The molecule has 1 aromatic heterocycles. The maximum Gasteiger partial charge on any atom is 0.339 e. The molecule has 1 N–H and O–H groups in total. The summed E-state index contributed by atoms with van der Waals surface area (Å²) in [4.78, 5) is 40.4. The third-order valence-electron chi connectivity index (χ3n) is 3.79. The van der Waals surface area contributed by atoms with E-state index < -0.39 is 17.8 Å². The molecule has 0 unspecified atom stereocenters. The summed E-state index contributed by atoms with van der Waals surface area (Å²) in [7, 11) is 2.48. The predicted molar refractivity (Wildman–Crippen MR) is 106 cm³/mol. The predicted octanol–water partition coefficient (Wildman–Crippen LogP) is 3.52. The molecule has 0 aliphatic carbocycles. The number of fused-ring (bicyclic) bond motifs is 1. The van der Waals surface area contributed by atoms with Crippen LogP contribution < -0.4 is 5.32 Å². The molecule has 0 saturated heterocycles. The second kappa shape index (κ2) is 8.45. The first-order valence-corrected chi connectivity index (χ1v) is 8.99. The molecule has 0 atom stereocenters. The molecule has 3 rings (SSSR count). The van der Waals surface area contributed by atoms with Crippen LogP contribution in [0.2, 0.25) is 0 Å². The lowest BCUT2D eigenvalue weighted by Gasteiger charge is -2.10. The second-order valence-corrected chi connectivity index (χ2v) is 6.65. The number of benzene rings is 2. The van der Waals surface area contributed by atoms with Gasteiger partial charge in [0.1, 0.15) is 5.01 Å². The number of carbonyl (C=O) groups excluding carboxylic acids is 3. The number of para-hydroxylation sites is 1. The highest BCUT2D eigenvalue weighted by Gasteiger charge is 2.16. The average Bonchev–Trinajstić information content (AvgIpc) is 3.14. The normalized spacial score (nSPS) is 10.8. The van der Waals surface area contributed by atoms with Crippen LogP contribution in [0.1, 0.15) is 25.7 Å². The number of nitrogens with one attached hydrogen (secondary N) is 1. The molecule has 0 saturated carbocycles. The molecule has 2 aromatic carbocycles. The maximum absolute atomic E-state index is 12.3. The number of amides is 1. The van der Waals surface area contributed by atoms with Crippen LogP contribution in [0.25, 0.3) is 16.3 Å². The number of carbonyl (C=O) groups is 3. The van der Waals surface area contributed by atoms with Crippen LogP contribution in [0.3, 0.4) is 0 Å². The van der Waals surface area contributed by atoms with E-state index in [0.29, 0.717) is 5.01 Å². The third kappa shape index (κ3) is 4.24. The van der Waals surface area contributed by atoms with Gasteiger partial charge in [0.05, 0.1) is 41.3 Å². The average molecular weight is 396 g/mol. The third-order valence-corrected chi connectivity index (χ3v) is 4.79. The van der Waals surface area contributed by atoms with Crippen molar-refractivity contribution >= 4 is 51.2 Å². The van der Waals surface area contributed by atoms with Crippen molar-refractivity contribution in [3.8, 4) is 0 Å². The second-order valence-electron chi connectivity index (χ2n) is 5.59. The van der Waals surface area contributed by atoms with Crippen molar-refractivity contribution in [2.45, 2.75) is 0 Å². The van der Waals surface area contributed by atoms with E-state index in [4.69, 9.17) is 4.74 Å². The van der Waals surface area contributed by atoms with E-state index in [2.05, 4.69) is 15.0 Å². The van der Waals surface area contributed by atoms with Crippen molar-refractivity contribution in [1.82, 2.24) is 4.98 Å². The summed E-state index contributed by atoms with van der Waals surface area (Å²) >= 11 is 1.45. The molecule has 0 bridgehead atoms. The Morgan fingerprint density at radius 1 is 1.04 bits per heavy atom. The number of hydrogen-bond acceptors (Lipinski definition) is 7. The molecule has 0 radical (unpaired) electrons. The Bertz CT molecular complexity index is 1050. The van der Waals surface area contributed by atoms with Crippen LogP contribution in [0, 0.1) is 0 Å². The molecule has 1 heterocycles. The van der Waals surface area contributed by atoms with Crippen molar-refractivity contribution in [3.05, 3.63) is 64.7 Å². The molecule has 28 heavy (non-hydrogen) atoms. The van der Waals surface area contributed by atoms with E-state index in [1.807, 2.05) is 24.3 Å². The summed E-state index contributed by atoms with van der Waals surface area (Å²) in [6.07, 6.45) is 2.89. The van der Waals surface area contributed by atoms with Crippen molar-refractivity contribution in [3.63, 3.8) is 0 Å². The Labute approximate surface area is 164 Å². The van der Waals surface area contributed by atoms with Crippen molar-refractivity contribution in [1.29, 1.82) is 0 Å². The van der Waals surface area contributed by atoms with E-state index in [0.717, 1.165) is 10.2 Å². The van der Waals surface area contributed by atoms with E-state index in [1.54, 1.807) is 6.08 Å². The fourth-order valence-electron chi connectivity index (χ4n) is 2.46. The monoisotopic (exact) mass is 396 g/mol. The van der Waals surface area contributed by atoms with Gasteiger partial charge in [0.15, 0.2) is 0 Å². The van der Waals surface area contributed by atoms with Gasteiger partial charge < -0.3 is 14.8 Å². The standard InChI is InChI=1S/C20H16N2O5S/c1-26-19(24)12-7-8-13(20(25)27-2)15(11-12)21-17(23)9-10-18-22-14-5-3-4-6-16(14)28-18/h3-11H,1-2H3,(H,21,23)/b10-9+. The molecular formula is C20H16N2O5S. The summed E-state index contributed by atoms with van der Waals surface area (Å²) < 4.78 is 10.4. The summed E-state index contributed by atoms with van der Waals surface area (Å²) in [5, 5.41) is 3.27. The Kier molecular flexibility index (Phi) is 5.81. The molecule has 1 amide bonds. The lowest BCUT2D eigenvalue weighted by Crippen LogP contribution is -2.14. The Morgan fingerprint density at radius 3 is 2.50 bits per heavy atom. The minimum absolute atomic E-state index is 0.122. The first-order valence-electron chi connectivity index (χ1n) is 8.17. The van der Waals surface area contributed by atoms with Gasteiger partial charge in [0.2, 0.25) is 5.91 Å². The summed E-state index contributed by atoms with van der Waals surface area (Å²) in [5.41, 5.74) is 1.32. The largest absolute Gasteiger partial charge is 0.465 e. The Morgan fingerprint density at radius 2 is 1.79 bits per heavy atom. The lowest BCUT2D eigenvalue weighted by molar-refractivity contribution is -0.111. The van der Waals surface area contributed by atoms with Gasteiger partial charge in [-0.15, -0.1) is 11.3 Å². The van der Waals surface area contributed by atoms with Crippen LogP contribution in [-0.2, 0) is 14.3 Å². The first-order chi connectivity index (χ1) is 13.5. The van der Waals surface area contributed by atoms with Crippen LogP contribution in [0.15, 0.2) is 48.5 Å². The van der Waals surface area contributed by atoms with Crippen LogP contribution in [0.5, 0.6) is 0 Å². The number of esters is 2. The summed E-state index contributed by atoms with van der Waals surface area (Å²) in [5.74, 6) is -1.70. The lowest BCUT2D eigenvalue weighted by atomic mass is 10.1. The van der Waals surface area contributed by atoms with Crippen molar-refractivity contribution in [2.75, 3.05) is 19.5 Å². The molecule has 0 spiro atoms. The molecule has 0 fully saturated rings. The van der Waals surface area contributed by atoms with Gasteiger partial charge in [-0.3, -0.25) is 4.79 Å². The van der Waals surface area contributed by atoms with E-state index in [1.165, 1.54) is 49.8 Å². The van der Waals surface area contributed by atoms with Gasteiger partial charge in [0.25, 0.3) is 0 Å². The fourth-order valence-corrected chi connectivity index (χ4v) is 3.33. The van der Waals surface area contributed by atoms with E-state index in [-0.39, 0.29) is 16.8 Å². The summed E-state index contributed by atoms with van der Waals surface area (Å²) in [6.45, 7) is 0. The minimum atomic E-state index is -0.637. The number of hydrogen-bond donors (Lipinski definition) is 1. The molecule has 0 aliphatic rings. The highest BCUT2D eigenvalue weighted by molar-refractivity contribution is 7.19. The number of methoxy groups -OCH3 is 2. The molecule has 8 heteroatoms. The SMILES string of the molecule is COC(=O)c1ccc(C(=O)OC)c(NC(=O)/C=C/c2nc3ccccc3s2)c1. The smallest absolute Gasteiger partial charge is 0.339 e. The van der Waals surface area contributed by atoms with Gasteiger partial charge in [-0.25, -0.2) is 14.6 Å². The van der Waals surface area contributed by atoms with Gasteiger partial charge >= 0.3 is 11.9 Å². The summed E-state index contributed by atoms with van der Waals surface area (Å²) in [6, 6.07) is 11.8. The van der Waals surface area contributed by atoms with Crippen LogP contribution in [0.4, 0.5) is 5.69 Å². The zero-order valence-corrected chi connectivity index (χ0v) is 15.9. The van der Waals surface area contributed by atoms with Crippen molar-refractivity contribution in [2.24, 2.45) is 0 Å². The zero-order valence-electron chi connectivity index (χ0n) is 15.1. The number of ether oxygens (including phenoxy) is 2. The topological polar surface area (TPSA) is 94.6 Å². The molecule has 7 nitrogen and oxygen atoms in total. The fraction of sp³-hybridized carbons (Fsp3) is 0.100. The zero-order chi connectivity index (χ0) is 20.1. The molecular weight excluding hydrogens is 380 g/mol. The highest BCUT2D eigenvalue weighted by Crippen LogP contribution is 2.23.